The summed E-state index contributed by atoms with van der Waals surface area (Å²) in [4.78, 5) is 28.3. The molecule has 0 unspecified atom stereocenters. The standard InChI is InChI=1S/C28H29Cl4N3O4S/c1-4-18(2)33-28(37)19(3)34(16-20-10-11-25(31)26(32)12-20)27(36)17-35(23-14-21(29)13-22(30)15-23)40(38,39)24-8-6-5-7-9-24/h5-15,18-19H,4,16-17H2,1-3H3,(H,33,37)/t18-,19-/m0/s1. The molecular weight excluding hydrogens is 616 g/mol. The Balaban J connectivity index is 2.06. The molecule has 0 spiro atoms. The monoisotopic (exact) mass is 643 g/mol. The van der Waals surface area contributed by atoms with E-state index in [9.17, 15) is 18.0 Å². The molecule has 0 fully saturated rings. The second-order valence-corrected chi connectivity index (χ2v) is 12.8. The Labute approximate surface area is 255 Å². The molecular formula is C28H29Cl4N3O4S. The maximum atomic E-state index is 13.9. The maximum Gasteiger partial charge on any atom is 0.264 e. The number of hydrogen-bond acceptors (Lipinski definition) is 4. The Hall–Kier alpha value is -2.49. The predicted octanol–water partition coefficient (Wildman–Crippen LogP) is 6.83. The number of carbonyl (C=O) groups is 2. The number of amides is 2. The van der Waals surface area contributed by atoms with E-state index in [-0.39, 0.29) is 44.1 Å². The molecule has 2 amide bonds. The van der Waals surface area contributed by atoms with Crippen molar-refractivity contribution in [1.29, 1.82) is 0 Å². The molecule has 2 atom stereocenters. The Bertz CT molecular complexity index is 1450. The summed E-state index contributed by atoms with van der Waals surface area (Å²) in [6.07, 6.45) is 0.692. The smallest absolute Gasteiger partial charge is 0.264 e. The van der Waals surface area contributed by atoms with E-state index in [1.807, 2.05) is 13.8 Å². The van der Waals surface area contributed by atoms with Crippen molar-refractivity contribution in [3.63, 3.8) is 0 Å². The van der Waals surface area contributed by atoms with Crippen molar-refractivity contribution in [3.05, 3.63) is 92.4 Å². The van der Waals surface area contributed by atoms with E-state index in [1.165, 1.54) is 35.2 Å². The number of rotatable bonds is 11. The molecule has 40 heavy (non-hydrogen) atoms. The first-order chi connectivity index (χ1) is 18.8. The van der Waals surface area contributed by atoms with Crippen LogP contribution < -0.4 is 9.62 Å². The molecule has 0 aliphatic rings. The normalized spacial score (nSPS) is 12.9. The van der Waals surface area contributed by atoms with Gasteiger partial charge in [-0.3, -0.25) is 13.9 Å². The van der Waals surface area contributed by atoms with E-state index in [1.54, 1.807) is 43.3 Å². The van der Waals surface area contributed by atoms with Crippen LogP contribution in [0.5, 0.6) is 0 Å². The second kappa shape index (κ2) is 13.9. The lowest BCUT2D eigenvalue weighted by atomic mass is 10.1. The molecule has 3 aromatic rings. The fraction of sp³-hybridized carbons (Fsp3) is 0.286. The summed E-state index contributed by atoms with van der Waals surface area (Å²) in [7, 11) is -4.24. The average molecular weight is 645 g/mol. The molecule has 0 aliphatic carbocycles. The van der Waals surface area contributed by atoms with Gasteiger partial charge in [-0.25, -0.2) is 8.42 Å². The van der Waals surface area contributed by atoms with Gasteiger partial charge in [0.2, 0.25) is 11.8 Å². The lowest BCUT2D eigenvalue weighted by Crippen LogP contribution is -2.52. The summed E-state index contributed by atoms with van der Waals surface area (Å²) < 4.78 is 28.5. The van der Waals surface area contributed by atoms with Gasteiger partial charge in [-0.15, -0.1) is 0 Å². The fourth-order valence-corrected chi connectivity index (χ4v) is 6.07. The molecule has 0 radical (unpaired) electrons. The molecule has 3 aromatic carbocycles. The Morgan fingerprint density at radius 3 is 2.08 bits per heavy atom. The largest absolute Gasteiger partial charge is 0.352 e. The van der Waals surface area contributed by atoms with Crippen molar-refractivity contribution in [2.45, 2.75) is 50.7 Å². The van der Waals surface area contributed by atoms with Gasteiger partial charge in [0.1, 0.15) is 12.6 Å². The molecule has 3 rings (SSSR count). The van der Waals surface area contributed by atoms with Gasteiger partial charge in [0.15, 0.2) is 0 Å². The number of hydrogen-bond donors (Lipinski definition) is 1. The van der Waals surface area contributed by atoms with Crippen molar-refractivity contribution < 1.29 is 18.0 Å². The Morgan fingerprint density at radius 2 is 1.50 bits per heavy atom. The highest BCUT2D eigenvalue weighted by molar-refractivity contribution is 7.92. The van der Waals surface area contributed by atoms with E-state index in [0.29, 0.717) is 17.0 Å². The molecule has 0 aliphatic heterocycles. The third-order valence-corrected chi connectivity index (χ3v) is 9.21. The molecule has 12 heteroatoms. The van der Waals surface area contributed by atoms with Gasteiger partial charge in [0, 0.05) is 22.6 Å². The van der Waals surface area contributed by atoms with Crippen LogP contribution in [0.3, 0.4) is 0 Å². The van der Waals surface area contributed by atoms with E-state index in [2.05, 4.69) is 5.32 Å². The van der Waals surface area contributed by atoms with Gasteiger partial charge >= 0.3 is 0 Å². The maximum absolute atomic E-state index is 13.9. The number of carbonyl (C=O) groups excluding carboxylic acids is 2. The fourth-order valence-electron chi connectivity index (χ4n) is 3.81. The average Bonchev–Trinajstić information content (AvgIpc) is 2.91. The lowest BCUT2D eigenvalue weighted by Gasteiger charge is -2.32. The first-order valence-electron chi connectivity index (χ1n) is 12.4. The van der Waals surface area contributed by atoms with Gasteiger partial charge in [-0.05, 0) is 68.3 Å². The van der Waals surface area contributed by atoms with Crippen LogP contribution in [0.4, 0.5) is 5.69 Å². The quantitative estimate of drug-likeness (QED) is 0.248. The van der Waals surface area contributed by atoms with Crippen LogP contribution in [0.2, 0.25) is 20.1 Å². The highest BCUT2D eigenvalue weighted by Gasteiger charge is 2.33. The first-order valence-corrected chi connectivity index (χ1v) is 15.4. The van der Waals surface area contributed by atoms with Gasteiger partial charge in [-0.2, -0.15) is 0 Å². The molecule has 0 aromatic heterocycles. The summed E-state index contributed by atoms with van der Waals surface area (Å²) in [5, 5.41) is 3.88. The SMILES string of the molecule is CC[C@H](C)NC(=O)[C@H](C)N(Cc1ccc(Cl)c(Cl)c1)C(=O)CN(c1cc(Cl)cc(Cl)c1)S(=O)(=O)c1ccccc1. The van der Waals surface area contributed by atoms with Crippen LogP contribution in [0.1, 0.15) is 32.8 Å². The van der Waals surface area contributed by atoms with Gasteiger partial charge in [0.05, 0.1) is 20.6 Å². The molecule has 1 N–H and O–H groups in total. The number of anilines is 1. The van der Waals surface area contributed by atoms with Crippen molar-refractivity contribution in [1.82, 2.24) is 10.2 Å². The zero-order chi connectivity index (χ0) is 29.6. The topological polar surface area (TPSA) is 86.8 Å². The zero-order valence-corrected chi connectivity index (χ0v) is 25.9. The summed E-state index contributed by atoms with van der Waals surface area (Å²) in [6.45, 7) is 4.71. The predicted molar refractivity (Wildman–Crippen MR) is 162 cm³/mol. The molecule has 7 nitrogen and oxygen atoms in total. The van der Waals surface area contributed by atoms with Crippen LogP contribution >= 0.6 is 46.4 Å². The molecule has 0 bridgehead atoms. The Morgan fingerprint density at radius 1 is 0.875 bits per heavy atom. The number of benzene rings is 3. The lowest BCUT2D eigenvalue weighted by molar-refractivity contribution is -0.139. The molecule has 214 valence electrons. The van der Waals surface area contributed by atoms with Crippen molar-refractivity contribution in [2.75, 3.05) is 10.8 Å². The summed E-state index contributed by atoms with van der Waals surface area (Å²) in [6, 6.07) is 15.8. The van der Waals surface area contributed by atoms with E-state index in [0.717, 1.165) is 4.31 Å². The van der Waals surface area contributed by atoms with Gasteiger partial charge in [-0.1, -0.05) is 77.6 Å². The van der Waals surface area contributed by atoms with Gasteiger partial charge in [0.25, 0.3) is 10.0 Å². The number of sulfonamides is 1. The number of nitrogens with zero attached hydrogens (tertiary/aromatic N) is 2. The molecule has 0 heterocycles. The van der Waals surface area contributed by atoms with Crippen LogP contribution in [0, 0.1) is 0 Å². The summed E-state index contributed by atoms with van der Waals surface area (Å²) in [5.41, 5.74) is 0.704. The molecule has 0 saturated heterocycles. The molecule has 0 saturated carbocycles. The number of nitrogens with one attached hydrogen (secondary N) is 1. The third-order valence-electron chi connectivity index (χ3n) is 6.25. The van der Waals surface area contributed by atoms with Gasteiger partial charge < -0.3 is 10.2 Å². The minimum absolute atomic E-state index is 0.0274. The van der Waals surface area contributed by atoms with Crippen molar-refractivity contribution in [3.8, 4) is 0 Å². The third kappa shape index (κ3) is 8.04. The van der Waals surface area contributed by atoms with E-state index in [4.69, 9.17) is 46.4 Å². The van der Waals surface area contributed by atoms with E-state index < -0.39 is 28.5 Å². The van der Waals surface area contributed by atoms with Crippen LogP contribution in [0.25, 0.3) is 0 Å². The minimum atomic E-state index is -4.24. The highest BCUT2D eigenvalue weighted by atomic mass is 35.5. The Kier molecular flexibility index (Phi) is 11.1. The highest BCUT2D eigenvalue weighted by Crippen LogP contribution is 2.30. The van der Waals surface area contributed by atoms with Crippen molar-refractivity contribution in [2.24, 2.45) is 0 Å². The van der Waals surface area contributed by atoms with Crippen LogP contribution in [0.15, 0.2) is 71.6 Å². The van der Waals surface area contributed by atoms with Crippen molar-refractivity contribution >= 4 is 73.9 Å². The van der Waals surface area contributed by atoms with Crippen LogP contribution in [-0.4, -0.2) is 43.8 Å². The summed E-state index contributed by atoms with van der Waals surface area (Å²) >= 11 is 24.7. The zero-order valence-electron chi connectivity index (χ0n) is 22.1. The second-order valence-electron chi connectivity index (χ2n) is 9.22. The van der Waals surface area contributed by atoms with E-state index >= 15 is 0 Å². The van der Waals surface area contributed by atoms with Crippen LogP contribution in [-0.2, 0) is 26.2 Å². The first kappa shape index (κ1) is 32.0. The summed E-state index contributed by atoms with van der Waals surface area (Å²) in [5.74, 6) is -1.01. The number of halogens is 4. The minimum Gasteiger partial charge on any atom is -0.352 e.